The molecular weight excluding hydrogens is 343 g/mol. The fourth-order valence-electron chi connectivity index (χ4n) is 2.87. The quantitative estimate of drug-likeness (QED) is 0.749. The highest BCUT2D eigenvalue weighted by Crippen LogP contribution is 2.47. The van der Waals surface area contributed by atoms with E-state index in [1.165, 1.54) is 0 Å². The first kappa shape index (κ1) is 16.8. The fraction of sp³-hybridized carbons (Fsp3) is 0.333. The fourth-order valence-corrected chi connectivity index (χ4v) is 2.87. The Bertz CT molecular complexity index is 774. The Morgan fingerprint density at radius 1 is 1.04 bits per heavy atom. The summed E-state index contributed by atoms with van der Waals surface area (Å²) in [7, 11) is 0. The van der Waals surface area contributed by atoms with E-state index < -0.39 is 54.1 Å². The van der Waals surface area contributed by atoms with Crippen molar-refractivity contribution < 1.29 is 35.8 Å². The second kappa shape index (κ2) is 5.23. The molecule has 0 saturated carbocycles. The lowest BCUT2D eigenvalue weighted by Crippen LogP contribution is -2.36. The molecule has 1 unspecified atom stereocenters. The van der Waals surface area contributed by atoms with Gasteiger partial charge >= 0.3 is 6.18 Å². The Morgan fingerprint density at radius 2 is 1.62 bits per heavy atom. The summed E-state index contributed by atoms with van der Waals surface area (Å²) in [4.78, 5) is 0. The summed E-state index contributed by atoms with van der Waals surface area (Å²) in [6.07, 6.45) is -8.55. The first-order chi connectivity index (χ1) is 11.0. The maximum absolute atomic E-state index is 13.6. The van der Waals surface area contributed by atoms with Crippen LogP contribution in [0.2, 0.25) is 0 Å². The lowest BCUT2D eigenvalue weighted by molar-refractivity contribution is -0.152. The van der Waals surface area contributed by atoms with E-state index in [0.29, 0.717) is 12.1 Å². The molecule has 1 aliphatic heterocycles. The van der Waals surface area contributed by atoms with Crippen LogP contribution in [0.15, 0.2) is 24.3 Å². The predicted octanol–water partition coefficient (Wildman–Crippen LogP) is 4.52. The highest BCUT2D eigenvalue weighted by molar-refractivity contribution is 5.64. The zero-order chi connectivity index (χ0) is 17.9. The molecule has 0 bridgehead atoms. The molecule has 1 atom stereocenters. The summed E-state index contributed by atoms with van der Waals surface area (Å²) in [6, 6.07) is 2.65. The van der Waals surface area contributed by atoms with Crippen molar-refractivity contribution in [2.24, 2.45) is 0 Å². The van der Waals surface area contributed by atoms with Gasteiger partial charge in [0.15, 0.2) is 6.10 Å². The number of halogens is 7. The van der Waals surface area contributed by atoms with E-state index in [-0.39, 0.29) is 11.3 Å². The van der Waals surface area contributed by atoms with Crippen molar-refractivity contribution in [3.8, 4) is 11.3 Å². The second-order valence-corrected chi connectivity index (χ2v) is 5.55. The second-order valence-electron chi connectivity index (χ2n) is 5.55. The summed E-state index contributed by atoms with van der Waals surface area (Å²) in [5.74, 6) is -5.76. The van der Waals surface area contributed by atoms with Gasteiger partial charge in [-0.05, 0) is 18.2 Å². The van der Waals surface area contributed by atoms with Crippen molar-refractivity contribution in [3.63, 3.8) is 0 Å². The molecule has 0 saturated heterocycles. The largest absolute Gasteiger partial charge is 0.418 e. The molecule has 1 N–H and O–H groups in total. The molecule has 1 aliphatic rings. The molecule has 0 fully saturated rings. The minimum absolute atomic E-state index is 0.235. The van der Waals surface area contributed by atoms with Crippen LogP contribution >= 0.6 is 0 Å². The van der Waals surface area contributed by atoms with E-state index in [0.717, 1.165) is 16.7 Å². The van der Waals surface area contributed by atoms with Crippen LogP contribution in [0, 0.1) is 11.6 Å². The van der Waals surface area contributed by atoms with Crippen molar-refractivity contribution in [1.29, 1.82) is 0 Å². The van der Waals surface area contributed by atoms with Gasteiger partial charge in [0.05, 0.1) is 11.3 Å². The zero-order valence-electron chi connectivity index (χ0n) is 11.8. The molecule has 0 aliphatic carbocycles. The number of hydrogen-bond acceptors (Lipinski definition) is 1. The topological polar surface area (TPSA) is 25.2 Å². The smallest absolute Gasteiger partial charge is 0.381 e. The number of rotatable bonds is 1. The van der Waals surface area contributed by atoms with Crippen LogP contribution in [-0.4, -0.2) is 15.6 Å². The number of aromatic nitrogens is 1. The van der Waals surface area contributed by atoms with Gasteiger partial charge in [-0.2, -0.15) is 13.2 Å². The number of fused-ring (bicyclic) bond motifs is 1. The Balaban J connectivity index is 2.27. The third kappa shape index (κ3) is 2.66. The summed E-state index contributed by atoms with van der Waals surface area (Å²) in [6.45, 7) is -0.525. The third-order valence-corrected chi connectivity index (χ3v) is 3.93. The van der Waals surface area contributed by atoms with Crippen LogP contribution in [0.5, 0.6) is 0 Å². The summed E-state index contributed by atoms with van der Waals surface area (Å²) >= 11 is 0. The van der Waals surface area contributed by atoms with E-state index in [1.54, 1.807) is 0 Å². The van der Waals surface area contributed by atoms with Crippen LogP contribution in [0.4, 0.5) is 30.7 Å². The average molecular weight is 353 g/mol. The minimum atomic E-state index is -5.00. The number of aliphatic hydroxyl groups excluding tert-OH is 1. The maximum Gasteiger partial charge on any atom is 0.418 e. The normalized spacial score (nSPS) is 20.1. The molecule has 0 spiro atoms. The van der Waals surface area contributed by atoms with Crippen LogP contribution in [0.25, 0.3) is 11.3 Å². The van der Waals surface area contributed by atoms with Crippen molar-refractivity contribution in [1.82, 2.24) is 4.57 Å². The SMILES string of the molecule is OC1c2c(C(F)(F)F)cc(-c3cc(F)cc(F)c3)n2CCC1(F)F. The van der Waals surface area contributed by atoms with Gasteiger partial charge in [0.25, 0.3) is 5.92 Å². The molecule has 24 heavy (non-hydrogen) atoms. The molecule has 1 aromatic carbocycles. The van der Waals surface area contributed by atoms with Crippen molar-refractivity contribution in [3.05, 3.63) is 47.2 Å². The van der Waals surface area contributed by atoms with Crippen LogP contribution in [0.1, 0.15) is 23.8 Å². The van der Waals surface area contributed by atoms with Crippen LogP contribution in [-0.2, 0) is 12.7 Å². The van der Waals surface area contributed by atoms with Crippen molar-refractivity contribution in [2.75, 3.05) is 0 Å². The van der Waals surface area contributed by atoms with Gasteiger partial charge in [0, 0.05) is 30.3 Å². The van der Waals surface area contributed by atoms with E-state index in [2.05, 4.69) is 0 Å². The Labute approximate surface area is 131 Å². The van der Waals surface area contributed by atoms with E-state index >= 15 is 0 Å². The van der Waals surface area contributed by atoms with Crippen molar-refractivity contribution >= 4 is 0 Å². The van der Waals surface area contributed by atoms with Gasteiger partial charge in [-0.15, -0.1) is 0 Å². The standard InChI is InChI=1S/C15H10F7NO/c16-8-3-7(4-9(17)5-8)11-6-10(15(20,21)22)12-13(24)14(18,19)1-2-23(11)12/h3-6,13,24H,1-2H2. The zero-order valence-corrected chi connectivity index (χ0v) is 11.8. The number of aliphatic hydroxyl groups is 1. The lowest BCUT2D eigenvalue weighted by atomic mass is 9.99. The van der Waals surface area contributed by atoms with Gasteiger partial charge in [-0.25, -0.2) is 17.6 Å². The number of alkyl halides is 5. The highest BCUT2D eigenvalue weighted by atomic mass is 19.4. The number of benzene rings is 1. The molecular formula is C15H10F7NO. The van der Waals surface area contributed by atoms with E-state index in [1.807, 2.05) is 0 Å². The molecule has 2 nitrogen and oxygen atoms in total. The van der Waals surface area contributed by atoms with Gasteiger partial charge in [-0.3, -0.25) is 0 Å². The Hall–Kier alpha value is -2.03. The third-order valence-electron chi connectivity index (χ3n) is 3.93. The van der Waals surface area contributed by atoms with E-state index in [4.69, 9.17) is 0 Å². The summed E-state index contributed by atoms with van der Waals surface area (Å²) < 4.78 is 94.3. The predicted molar refractivity (Wildman–Crippen MR) is 69.3 cm³/mol. The molecule has 2 heterocycles. The Morgan fingerprint density at radius 3 is 2.17 bits per heavy atom. The number of nitrogens with zero attached hydrogens (tertiary/aromatic N) is 1. The number of hydrogen-bond donors (Lipinski definition) is 1. The van der Waals surface area contributed by atoms with Crippen LogP contribution < -0.4 is 0 Å². The monoisotopic (exact) mass is 353 g/mol. The summed E-state index contributed by atoms with van der Waals surface area (Å²) in [5.41, 5.74) is -2.97. The minimum Gasteiger partial charge on any atom is -0.381 e. The molecule has 130 valence electrons. The first-order valence-electron chi connectivity index (χ1n) is 6.83. The lowest BCUT2D eigenvalue weighted by Gasteiger charge is -2.31. The van der Waals surface area contributed by atoms with Gasteiger partial charge < -0.3 is 9.67 Å². The maximum atomic E-state index is 13.6. The highest BCUT2D eigenvalue weighted by Gasteiger charge is 2.50. The first-order valence-corrected chi connectivity index (χ1v) is 6.83. The average Bonchev–Trinajstić information content (AvgIpc) is 2.82. The van der Waals surface area contributed by atoms with Gasteiger partial charge in [0.1, 0.15) is 11.6 Å². The van der Waals surface area contributed by atoms with Crippen molar-refractivity contribution in [2.45, 2.75) is 31.2 Å². The van der Waals surface area contributed by atoms with Gasteiger partial charge in [0.2, 0.25) is 0 Å². The van der Waals surface area contributed by atoms with Crippen LogP contribution in [0.3, 0.4) is 0 Å². The molecule has 0 radical (unpaired) electrons. The van der Waals surface area contributed by atoms with Gasteiger partial charge in [-0.1, -0.05) is 0 Å². The summed E-state index contributed by atoms with van der Waals surface area (Å²) in [5, 5.41) is 9.68. The molecule has 1 aromatic heterocycles. The molecule has 2 aromatic rings. The van der Waals surface area contributed by atoms with E-state index in [9.17, 15) is 35.8 Å². The molecule has 0 amide bonds. The molecule has 9 heteroatoms. The Kier molecular flexibility index (Phi) is 3.67. The molecule has 3 rings (SSSR count).